The van der Waals surface area contributed by atoms with E-state index in [1.165, 1.54) is 46.6 Å². The Morgan fingerprint density at radius 1 is 0.649 bits per heavy atom. The molecule has 0 spiro atoms. The van der Waals surface area contributed by atoms with Crippen molar-refractivity contribution in [3.8, 4) is 0 Å². The van der Waals surface area contributed by atoms with E-state index in [0.29, 0.717) is 0 Å². The highest BCUT2D eigenvalue weighted by Crippen LogP contribution is 2.70. The van der Waals surface area contributed by atoms with Gasteiger partial charge in [0.1, 0.15) is 0 Å². The molecule has 4 aromatic rings. The van der Waals surface area contributed by atoms with Gasteiger partial charge in [-0.05, 0) is 55.3 Å². The molecule has 0 aromatic heterocycles. The number of benzene rings is 4. The molecule has 1 nitrogen and oxygen atoms in total. The molecule has 2 bridgehead atoms. The van der Waals surface area contributed by atoms with Gasteiger partial charge in [0, 0.05) is 16.0 Å². The van der Waals surface area contributed by atoms with Crippen LogP contribution in [0, 0.1) is 16.7 Å². The molecular formula is C34H36OP2. The molecule has 2 fully saturated rings. The third-order valence-electron chi connectivity index (χ3n) is 9.15. The maximum atomic E-state index is 7.40. The molecule has 0 amide bonds. The Morgan fingerprint density at radius 2 is 1.08 bits per heavy atom. The molecule has 0 radical (unpaired) electrons. The monoisotopic (exact) mass is 522 g/mol. The average Bonchev–Trinajstić information content (AvgIpc) is 3.32. The number of hydrogen-bond acceptors (Lipinski definition) is 1. The Morgan fingerprint density at radius 3 is 1.51 bits per heavy atom. The first-order chi connectivity index (χ1) is 18.1. The van der Waals surface area contributed by atoms with E-state index in [-0.39, 0.29) is 16.9 Å². The van der Waals surface area contributed by atoms with Gasteiger partial charge in [0.25, 0.3) is 0 Å². The lowest BCUT2D eigenvalue weighted by Gasteiger charge is -2.45. The first-order valence-electron chi connectivity index (χ1n) is 13.5. The molecule has 37 heavy (non-hydrogen) atoms. The molecule has 3 heteroatoms. The molecule has 3 atom stereocenters. The van der Waals surface area contributed by atoms with Crippen LogP contribution in [0.15, 0.2) is 121 Å². The summed E-state index contributed by atoms with van der Waals surface area (Å²) in [5, 5.41) is 5.59. The minimum atomic E-state index is -0.873. The van der Waals surface area contributed by atoms with Gasteiger partial charge in [-0.15, -0.1) is 0 Å². The van der Waals surface area contributed by atoms with Crippen LogP contribution in [0.2, 0.25) is 0 Å². The van der Waals surface area contributed by atoms with Crippen LogP contribution < -0.4 is 21.2 Å². The van der Waals surface area contributed by atoms with Crippen LogP contribution in [0.3, 0.4) is 0 Å². The zero-order chi connectivity index (χ0) is 25.3. The van der Waals surface area contributed by atoms with E-state index in [9.17, 15) is 0 Å². The summed E-state index contributed by atoms with van der Waals surface area (Å²) in [6.07, 6.45) is 5.23. The van der Waals surface area contributed by atoms with E-state index < -0.39 is 16.1 Å². The van der Waals surface area contributed by atoms with Crippen molar-refractivity contribution in [2.45, 2.75) is 39.2 Å². The summed E-state index contributed by atoms with van der Waals surface area (Å²) >= 11 is 0. The zero-order valence-electron chi connectivity index (χ0n) is 21.8. The van der Waals surface area contributed by atoms with Crippen molar-refractivity contribution in [2.75, 3.05) is 6.16 Å². The molecule has 2 saturated carbocycles. The van der Waals surface area contributed by atoms with Crippen molar-refractivity contribution in [3.63, 3.8) is 0 Å². The highest BCUT2D eigenvalue weighted by molar-refractivity contribution is 7.73. The molecule has 3 unspecified atom stereocenters. The van der Waals surface area contributed by atoms with Crippen molar-refractivity contribution >= 4 is 37.3 Å². The zero-order valence-corrected chi connectivity index (χ0v) is 23.6. The summed E-state index contributed by atoms with van der Waals surface area (Å²) < 4.78 is 7.40. The van der Waals surface area contributed by atoms with Crippen LogP contribution in [0.5, 0.6) is 0 Å². The van der Waals surface area contributed by atoms with Gasteiger partial charge < -0.3 is 4.52 Å². The standard InChI is InChI=1S/C34H36OP2/c1-33(2)27-23-24-34(33,26-36(28-15-7-3-8-16-28)29-17-9-4-10-18-29)32(25-27)35-37(30-19-11-5-12-20-30)31-21-13-6-14-22-31/h3-22,27,32H,23-26H2,1-2H3. The Balaban J connectivity index is 1.40. The normalized spacial score (nSPS) is 24.1. The molecule has 2 aliphatic carbocycles. The fourth-order valence-electron chi connectivity index (χ4n) is 6.88. The van der Waals surface area contributed by atoms with E-state index in [2.05, 4.69) is 135 Å². The third-order valence-corrected chi connectivity index (χ3v) is 13.9. The lowest BCUT2D eigenvalue weighted by Crippen LogP contribution is -2.44. The summed E-state index contributed by atoms with van der Waals surface area (Å²) in [4.78, 5) is 0. The van der Waals surface area contributed by atoms with Crippen LogP contribution in [0.4, 0.5) is 0 Å². The van der Waals surface area contributed by atoms with Crippen LogP contribution in [-0.2, 0) is 4.52 Å². The predicted octanol–water partition coefficient (Wildman–Crippen LogP) is 7.38. The Bertz CT molecular complexity index is 1210. The highest BCUT2D eigenvalue weighted by atomic mass is 31.1. The van der Waals surface area contributed by atoms with Crippen LogP contribution in [0.25, 0.3) is 0 Å². The van der Waals surface area contributed by atoms with Gasteiger partial charge in [-0.1, -0.05) is 135 Å². The van der Waals surface area contributed by atoms with Crippen molar-refractivity contribution in [2.24, 2.45) is 16.7 Å². The van der Waals surface area contributed by atoms with Gasteiger partial charge in [0.05, 0.1) is 14.3 Å². The molecule has 0 aliphatic heterocycles. The highest BCUT2D eigenvalue weighted by Gasteiger charge is 2.65. The van der Waals surface area contributed by atoms with Gasteiger partial charge in [-0.2, -0.15) is 0 Å². The number of hydrogen-bond donors (Lipinski definition) is 0. The third kappa shape index (κ3) is 4.61. The predicted molar refractivity (Wildman–Crippen MR) is 161 cm³/mol. The first-order valence-corrected chi connectivity index (χ1v) is 16.3. The summed E-state index contributed by atoms with van der Waals surface area (Å²) in [5.41, 5.74) is 0.426. The topological polar surface area (TPSA) is 9.23 Å². The van der Waals surface area contributed by atoms with Gasteiger partial charge in [0.15, 0.2) is 0 Å². The van der Waals surface area contributed by atoms with E-state index in [1.807, 2.05) is 0 Å². The second-order valence-electron chi connectivity index (χ2n) is 11.2. The maximum absolute atomic E-state index is 7.40. The Hall–Kier alpha value is -2.30. The largest absolute Gasteiger partial charge is 0.346 e. The minimum Gasteiger partial charge on any atom is -0.346 e. The van der Waals surface area contributed by atoms with Gasteiger partial charge >= 0.3 is 0 Å². The number of rotatable bonds is 8. The molecule has 6 rings (SSSR count). The van der Waals surface area contributed by atoms with E-state index in [4.69, 9.17) is 4.52 Å². The van der Waals surface area contributed by atoms with Gasteiger partial charge in [-0.25, -0.2) is 0 Å². The molecule has 0 N–H and O–H groups in total. The summed E-state index contributed by atoms with van der Waals surface area (Å²) in [5.74, 6) is 0.726. The van der Waals surface area contributed by atoms with Crippen molar-refractivity contribution in [3.05, 3.63) is 121 Å². The van der Waals surface area contributed by atoms with Gasteiger partial charge in [-0.3, -0.25) is 0 Å². The second-order valence-corrected chi connectivity index (χ2v) is 15.2. The summed E-state index contributed by atoms with van der Waals surface area (Å²) in [6, 6.07) is 44.4. The van der Waals surface area contributed by atoms with E-state index in [1.54, 1.807) is 0 Å². The fraction of sp³-hybridized carbons (Fsp3) is 0.294. The number of fused-ring (bicyclic) bond motifs is 2. The van der Waals surface area contributed by atoms with Gasteiger partial charge in [0.2, 0.25) is 0 Å². The van der Waals surface area contributed by atoms with Crippen molar-refractivity contribution < 1.29 is 4.52 Å². The quantitative estimate of drug-likeness (QED) is 0.220. The molecule has 2 aliphatic rings. The van der Waals surface area contributed by atoms with E-state index >= 15 is 0 Å². The smallest absolute Gasteiger partial charge is 0.0921 e. The summed E-state index contributed by atoms with van der Waals surface area (Å²) in [6.45, 7) is 5.09. The van der Waals surface area contributed by atoms with Crippen LogP contribution in [0.1, 0.15) is 33.1 Å². The Labute approximate surface area is 224 Å². The molecule has 0 heterocycles. The lowest BCUT2D eigenvalue weighted by molar-refractivity contribution is 0.0437. The fourth-order valence-corrected chi connectivity index (χ4v) is 11.9. The average molecular weight is 523 g/mol. The molecular weight excluding hydrogens is 486 g/mol. The Kier molecular flexibility index (Phi) is 7.07. The SMILES string of the molecule is CC1(C)C2CCC1(CP(c1ccccc1)c1ccccc1)C(OP(c1ccccc1)c1ccccc1)C2. The lowest BCUT2D eigenvalue weighted by atomic mass is 9.70. The first kappa shape index (κ1) is 25.0. The second kappa shape index (κ2) is 10.5. The van der Waals surface area contributed by atoms with Crippen LogP contribution >= 0.6 is 16.1 Å². The van der Waals surface area contributed by atoms with Crippen LogP contribution in [-0.4, -0.2) is 12.3 Å². The molecule has 4 aromatic carbocycles. The van der Waals surface area contributed by atoms with E-state index in [0.717, 1.165) is 5.92 Å². The molecule has 188 valence electrons. The minimum absolute atomic E-state index is 0.166. The van der Waals surface area contributed by atoms with Crippen molar-refractivity contribution in [1.82, 2.24) is 0 Å². The molecule has 0 saturated heterocycles. The van der Waals surface area contributed by atoms with Crippen molar-refractivity contribution in [1.29, 1.82) is 0 Å². The summed E-state index contributed by atoms with van der Waals surface area (Å²) in [7, 11) is -1.35. The maximum Gasteiger partial charge on any atom is 0.0921 e.